The maximum atomic E-state index is 12.6. The summed E-state index contributed by atoms with van der Waals surface area (Å²) in [6.45, 7) is 0.532. The zero-order chi connectivity index (χ0) is 15.8. The molecule has 2 N–H and O–H groups in total. The van der Waals surface area contributed by atoms with E-state index in [0.717, 1.165) is 12.3 Å². The lowest BCUT2D eigenvalue weighted by Crippen LogP contribution is -2.32. The largest absolute Gasteiger partial charge is 0.495 e. The van der Waals surface area contributed by atoms with Gasteiger partial charge in [-0.3, -0.25) is 0 Å². The van der Waals surface area contributed by atoms with Crippen molar-refractivity contribution in [3.8, 4) is 5.75 Å². The minimum atomic E-state index is -3.83. The molecule has 1 heterocycles. The molecule has 0 radical (unpaired) electrons. The molecule has 2 rings (SSSR count). The average molecular weight is 334 g/mol. The van der Waals surface area contributed by atoms with Crippen LogP contribution in [0.25, 0.3) is 0 Å². The van der Waals surface area contributed by atoms with Crippen molar-refractivity contribution >= 4 is 19.9 Å². The summed E-state index contributed by atoms with van der Waals surface area (Å²) in [5.74, 6) is 0.114. The van der Waals surface area contributed by atoms with Crippen LogP contribution in [0.15, 0.2) is 28.0 Å². The summed E-state index contributed by atoms with van der Waals surface area (Å²) < 4.78 is 54.8. The Morgan fingerprint density at radius 1 is 1.29 bits per heavy atom. The van der Waals surface area contributed by atoms with Crippen molar-refractivity contribution in [3.63, 3.8) is 0 Å². The summed E-state index contributed by atoms with van der Waals surface area (Å²) in [5, 5.41) is 0. The lowest BCUT2D eigenvalue weighted by Gasteiger charge is -2.18. The summed E-state index contributed by atoms with van der Waals surface area (Å²) in [6, 6.07) is 3.60. The van der Waals surface area contributed by atoms with Crippen LogP contribution in [0.2, 0.25) is 0 Å². The maximum absolute atomic E-state index is 12.6. The van der Waals surface area contributed by atoms with E-state index in [1.807, 2.05) is 0 Å². The van der Waals surface area contributed by atoms with E-state index in [1.54, 1.807) is 0 Å². The number of rotatable bonds is 4. The smallest absolute Gasteiger partial charge is 0.246 e. The van der Waals surface area contributed by atoms with Crippen LogP contribution < -0.4 is 10.5 Å². The third kappa shape index (κ3) is 3.20. The second-order valence-electron chi connectivity index (χ2n) is 5.00. The Bertz CT molecular complexity index is 743. The molecule has 1 aromatic carbocycles. The second kappa shape index (κ2) is 5.56. The van der Waals surface area contributed by atoms with Crippen LogP contribution >= 0.6 is 0 Å². The fourth-order valence-corrected chi connectivity index (χ4v) is 4.62. The standard InChI is InChI=1S/C12H18N2O5S2/c1-19-11-4-3-10(20(2,15)16)7-12(11)21(17,18)14-6-5-9(13)8-14/h3-4,7,9H,5-6,8,13H2,1-2H3. The molecule has 1 aromatic rings. The van der Waals surface area contributed by atoms with Crippen LogP contribution in [0.4, 0.5) is 0 Å². The molecule has 1 aliphatic heterocycles. The molecule has 7 nitrogen and oxygen atoms in total. The number of nitrogens with two attached hydrogens (primary N) is 1. The van der Waals surface area contributed by atoms with Crippen molar-refractivity contribution < 1.29 is 21.6 Å². The first kappa shape index (κ1) is 16.2. The highest BCUT2D eigenvalue weighted by Gasteiger charge is 2.33. The third-order valence-corrected chi connectivity index (χ3v) is 6.37. The molecule has 1 atom stereocenters. The Balaban J connectivity index is 2.55. The minimum Gasteiger partial charge on any atom is -0.495 e. The fourth-order valence-electron chi connectivity index (χ4n) is 2.20. The van der Waals surface area contributed by atoms with E-state index in [4.69, 9.17) is 10.5 Å². The molecular formula is C12H18N2O5S2. The summed E-state index contributed by atoms with van der Waals surface area (Å²) >= 11 is 0. The number of sulfone groups is 1. The summed E-state index contributed by atoms with van der Waals surface area (Å²) in [5.41, 5.74) is 5.74. The first-order chi connectivity index (χ1) is 9.66. The maximum Gasteiger partial charge on any atom is 0.246 e. The Hall–Kier alpha value is -1.16. The van der Waals surface area contributed by atoms with Gasteiger partial charge in [0.1, 0.15) is 10.6 Å². The van der Waals surface area contributed by atoms with E-state index in [1.165, 1.54) is 23.5 Å². The topological polar surface area (TPSA) is 107 Å². The molecule has 0 aliphatic carbocycles. The Morgan fingerprint density at radius 2 is 1.95 bits per heavy atom. The molecule has 118 valence electrons. The molecule has 21 heavy (non-hydrogen) atoms. The SMILES string of the molecule is COc1ccc(S(C)(=O)=O)cc1S(=O)(=O)N1CCC(N)C1. The van der Waals surface area contributed by atoms with Gasteiger partial charge in [-0.2, -0.15) is 4.31 Å². The number of hydrogen-bond donors (Lipinski definition) is 1. The normalized spacial score (nSPS) is 20.6. The van der Waals surface area contributed by atoms with Gasteiger partial charge in [0, 0.05) is 25.4 Å². The summed E-state index contributed by atoms with van der Waals surface area (Å²) in [6.07, 6.45) is 1.60. The molecule has 9 heteroatoms. The molecule has 1 saturated heterocycles. The molecule has 1 fully saturated rings. The van der Waals surface area contributed by atoms with Crippen molar-refractivity contribution in [2.75, 3.05) is 26.5 Å². The van der Waals surface area contributed by atoms with Crippen LogP contribution in [-0.2, 0) is 19.9 Å². The first-order valence-corrected chi connectivity index (χ1v) is 9.63. The number of nitrogens with zero attached hydrogens (tertiary/aromatic N) is 1. The number of hydrogen-bond acceptors (Lipinski definition) is 6. The lowest BCUT2D eigenvalue weighted by atomic mass is 10.3. The van der Waals surface area contributed by atoms with Crippen molar-refractivity contribution in [1.82, 2.24) is 4.31 Å². The average Bonchev–Trinajstić information content (AvgIpc) is 2.84. The van der Waals surface area contributed by atoms with Crippen LogP contribution in [0, 0.1) is 0 Å². The van der Waals surface area contributed by atoms with Gasteiger partial charge in [-0.05, 0) is 24.6 Å². The Kier molecular flexibility index (Phi) is 4.29. The molecular weight excluding hydrogens is 316 g/mol. The molecule has 1 unspecified atom stereocenters. The highest BCUT2D eigenvalue weighted by atomic mass is 32.2. The van der Waals surface area contributed by atoms with Gasteiger partial charge in [0.2, 0.25) is 10.0 Å². The van der Waals surface area contributed by atoms with E-state index < -0.39 is 19.9 Å². The van der Waals surface area contributed by atoms with Crippen molar-refractivity contribution in [2.45, 2.75) is 22.3 Å². The van der Waals surface area contributed by atoms with Crippen molar-refractivity contribution in [2.24, 2.45) is 5.73 Å². The number of benzene rings is 1. The van der Waals surface area contributed by atoms with E-state index >= 15 is 0 Å². The second-order valence-corrected chi connectivity index (χ2v) is 8.92. The van der Waals surface area contributed by atoms with Gasteiger partial charge in [-0.1, -0.05) is 0 Å². The molecule has 0 spiro atoms. The van der Waals surface area contributed by atoms with E-state index in [9.17, 15) is 16.8 Å². The molecule has 0 bridgehead atoms. The number of sulfonamides is 1. The quantitative estimate of drug-likeness (QED) is 0.818. The van der Waals surface area contributed by atoms with Gasteiger partial charge in [-0.25, -0.2) is 16.8 Å². The Morgan fingerprint density at radius 3 is 2.43 bits per heavy atom. The number of methoxy groups -OCH3 is 1. The zero-order valence-electron chi connectivity index (χ0n) is 11.8. The van der Waals surface area contributed by atoms with Gasteiger partial charge in [0.25, 0.3) is 0 Å². The van der Waals surface area contributed by atoms with E-state index in [-0.39, 0.29) is 28.1 Å². The zero-order valence-corrected chi connectivity index (χ0v) is 13.4. The van der Waals surface area contributed by atoms with Crippen molar-refractivity contribution in [1.29, 1.82) is 0 Å². The van der Waals surface area contributed by atoms with Crippen LogP contribution in [0.5, 0.6) is 5.75 Å². The predicted molar refractivity (Wildman–Crippen MR) is 77.5 cm³/mol. The number of ether oxygens (including phenoxy) is 1. The van der Waals surface area contributed by atoms with Crippen LogP contribution in [0.3, 0.4) is 0 Å². The molecule has 1 aliphatic rings. The fraction of sp³-hybridized carbons (Fsp3) is 0.500. The highest BCUT2D eigenvalue weighted by molar-refractivity contribution is 7.91. The van der Waals surface area contributed by atoms with Crippen LogP contribution in [0.1, 0.15) is 6.42 Å². The van der Waals surface area contributed by atoms with Crippen molar-refractivity contribution in [3.05, 3.63) is 18.2 Å². The summed E-state index contributed by atoms with van der Waals surface area (Å²) in [4.78, 5) is -0.215. The lowest BCUT2D eigenvalue weighted by molar-refractivity contribution is 0.397. The van der Waals surface area contributed by atoms with Crippen LogP contribution in [-0.4, -0.2) is 53.6 Å². The third-order valence-electron chi connectivity index (χ3n) is 3.37. The highest BCUT2D eigenvalue weighted by Crippen LogP contribution is 2.30. The van der Waals surface area contributed by atoms with Gasteiger partial charge in [0.05, 0.1) is 12.0 Å². The monoisotopic (exact) mass is 334 g/mol. The van der Waals surface area contributed by atoms with Gasteiger partial charge < -0.3 is 10.5 Å². The predicted octanol–water partition coefficient (Wildman–Crippen LogP) is -0.180. The molecule has 0 saturated carbocycles. The Labute approximate surface area is 124 Å². The van der Waals surface area contributed by atoms with E-state index in [0.29, 0.717) is 13.0 Å². The van der Waals surface area contributed by atoms with Gasteiger partial charge in [0.15, 0.2) is 9.84 Å². The van der Waals surface area contributed by atoms with Gasteiger partial charge in [-0.15, -0.1) is 0 Å². The minimum absolute atomic E-state index is 0.0645. The molecule has 0 aromatic heterocycles. The first-order valence-electron chi connectivity index (χ1n) is 6.30. The molecule has 0 amide bonds. The summed E-state index contributed by atoms with van der Waals surface area (Å²) in [7, 11) is -6.00. The van der Waals surface area contributed by atoms with Gasteiger partial charge >= 0.3 is 0 Å². The van der Waals surface area contributed by atoms with E-state index in [2.05, 4.69) is 0 Å².